The number of aliphatic carboxylic acids is 1. The number of hydrogen-bond acceptors (Lipinski definition) is 3. The molecule has 0 aliphatic rings. The van der Waals surface area contributed by atoms with Crippen molar-refractivity contribution in [2.24, 2.45) is 0 Å². The molecule has 0 aliphatic heterocycles. The minimum atomic E-state index is -1.34. The van der Waals surface area contributed by atoms with Crippen LogP contribution in [-0.4, -0.2) is 34.9 Å². The van der Waals surface area contributed by atoms with Crippen LogP contribution in [0.5, 0.6) is 0 Å². The van der Waals surface area contributed by atoms with Crippen LogP contribution in [0.4, 0.5) is 10.5 Å². The molecule has 18 heavy (non-hydrogen) atoms. The summed E-state index contributed by atoms with van der Waals surface area (Å²) in [6, 6.07) is 2.83. The molecule has 6 nitrogen and oxygen atoms in total. The van der Waals surface area contributed by atoms with Gasteiger partial charge in [0.25, 0.3) is 0 Å². The number of carbonyl (C=O) groups excluding carboxylic acids is 1. The number of aliphatic hydroxyl groups is 1. The Morgan fingerprint density at radius 1 is 1.44 bits per heavy atom. The molecule has 0 saturated heterocycles. The third kappa shape index (κ3) is 3.90. The molecule has 98 valence electrons. The van der Waals surface area contributed by atoms with Gasteiger partial charge in [0.2, 0.25) is 0 Å². The molecular weight excluding hydrogens is 260 g/mol. The Morgan fingerprint density at radius 2 is 2.11 bits per heavy atom. The topological polar surface area (TPSA) is 98.7 Å². The van der Waals surface area contributed by atoms with Crippen LogP contribution in [0.25, 0.3) is 0 Å². The third-order valence-electron chi connectivity index (χ3n) is 2.22. The van der Waals surface area contributed by atoms with Crippen LogP contribution in [-0.2, 0) is 4.79 Å². The Bertz CT molecular complexity index is 464. The molecule has 4 N–H and O–H groups in total. The van der Waals surface area contributed by atoms with Crippen molar-refractivity contribution in [3.05, 3.63) is 28.8 Å². The number of halogens is 1. The fourth-order valence-electron chi connectivity index (χ4n) is 1.27. The molecule has 7 heteroatoms. The zero-order chi connectivity index (χ0) is 13.7. The number of hydrogen-bond donors (Lipinski definition) is 4. The fourth-order valence-corrected chi connectivity index (χ4v) is 1.50. The minimum absolute atomic E-state index is 0.513. The van der Waals surface area contributed by atoms with Gasteiger partial charge in [-0.2, -0.15) is 0 Å². The minimum Gasteiger partial charge on any atom is -0.480 e. The zero-order valence-electron chi connectivity index (χ0n) is 9.61. The number of aryl methyl sites for hydroxylation is 1. The predicted octanol–water partition coefficient (Wildman–Crippen LogP) is 1.22. The van der Waals surface area contributed by atoms with Gasteiger partial charge >= 0.3 is 12.0 Å². The zero-order valence-corrected chi connectivity index (χ0v) is 10.4. The molecule has 0 unspecified atom stereocenters. The van der Waals surface area contributed by atoms with E-state index in [9.17, 15) is 9.59 Å². The highest BCUT2D eigenvalue weighted by Crippen LogP contribution is 2.19. The Hall–Kier alpha value is -1.79. The lowest BCUT2D eigenvalue weighted by molar-refractivity contribution is -0.140. The van der Waals surface area contributed by atoms with Crippen molar-refractivity contribution >= 4 is 29.3 Å². The van der Waals surface area contributed by atoms with Gasteiger partial charge in [-0.15, -0.1) is 0 Å². The Morgan fingerprint density at radius 3 is 2.61 bits per heavy atom. The van der Waals surface area contributed by atoms with Crippen LogP contribution < -0.4 is 10.6 Å². The van der Waals surface area contributed by atoms with Gasteiger partial charge in [-0.3, -0.25) is 0 Å². The van der Waals surface area contributed by atoms with Crippen molar-refractivity contribution in [3.63, 3.8) is 0 Å². The van der Waals surface area contributed by atoms with Crippen LogP contribution in [0.2, 0.25) is 5.02 Å². The maximum Gasteiger partial charge on any atom is 0.328 e. The first kappa shape index (κ1) is 14.3. The normalized spacial score (nSPS) is 11.7. The number of aliphatic hydroxyl groups excluding tert-OH is 1. The van der Waals surface area contributed by atoms with Gasteiger partial charge in [-0.05, 0) is 30.7 Å². The molecule has 0 radical (unpaired) electrons. The van der Waals surface area contributed by atoms with Gasteiger partial charge in [0, 0.05) is 10.7 Å². The molecule has 1 atom stereocenters. The summed E-state index contributed by atoms with van der Waals surface area (Å²) >= 11 is 5.76. The highest BCUT2D eigenvalue weighted by atomic mass is 35.5. The number of carboxylic acids is 1. The third-order valence-corrected chi connectivity index (χ3v) is 2.46. The molecule has 1 aromatic carbocycles. The van der Waals surface area contributed by atoms with E-state index in [1.165, 1.54) is 0 Å². The number of rotatable bonds is 4. The summed E-state index contributed by atoms with van der Waals surface area (Å²) in [6.45, 7) is 1.07. The molecule has 1 rings (SSSR count). The first-order chi connectivity index (χ1) is 8.43. The van der Waals surface area contributed by atoms with Crippen LogP contribution in [0.15, 0.2) is 18.2 Å². The van der Waals surface area contributed by atoms with Crippen LogP contribution in [0.1, 0.15) is 5.56 Å². The SMILES string of the molecule is Cc1cc(Cl)ccc1NC(=O)N[C@H](CO)C(=O)O. The molecule has 0 aliphatic carbocycles. The van der Waals surface area contributed by atoms with Crippen LogP contribution in [0, 0.1) is 6.92 Å². The smallest absolute Gasteiger partial charge is 0.328 e. The van der Waals surface area contributed by atoms with Crippen molar-refractivity contribution in [2.45, 2.75) is 13.0 Å². The van der Waals surface area contributed by atoms with E-state index >= 15 is 0 Å². The van der Waals surface area contributed by atoms with E-state index in [0.717, 1.165) is 5.56 Å². The number of carbonyl (C=O) groups is 2. The van der Waals surface area contributed by atoms with Gasteiger partial charge in [-0.25, -0.2) is 9.59 Å². The van der Waals surface area contributed by atoms with Crippen molar-refractivity contribution in [2.75, 3.05) is 11.9 Å². The average molecular weight is 273 g/mol. The van der Waals surface area contributed by atoms with Gasteiger partial charge < -0.3 is 20.8 Å². The first-order valence-electron chi connectivity index (χ1n) is 5.11. The summed E-state index contributed by atoms with van der Waals surface area (Å²) in [5.74, 6) is -1.31. The second kappa shape index (κ2) is 6.23. The van der Waals surface area contributed by atoms with E-state index in [2.05, 4.69) is 10.6 Å². The summed E-state index contributed by atoms with van der Waals surface area (Å²) < 4.78 is 0. The molecule has 0 spiro atoms. The van der Waals surface area contributed by atoms with Crippen molar-refractivity contribution < 1.29 is 19.8 Å². The Balaban J connectivity index is 2.67. The second-order valence-electron chi connectivity index (χ2n) is 3.63. The summed E-state index contributed by atoms with van der Waals surface area (Å²) in [4.78, 5) is 22.1. The number of benzene rings is 1. The van der Waals surface area contributed by atoms with Gasteiger partial charge in [0.1, 0.15) is 0 Å². The fraction of sp³-hybridized carbons (Fsp3) is 0.273. The van der Waals surface area contributed by atoms with Crippen molar-refractivity contribution in [1.29, 1.82) is 0 Å². The van der Waals surface area contributed by atoms with E-state index in [1.54, 1.807) is 25.1 Å². The number of carboxylic acid groups (broad SMARTS) is 1. The first-order valence-corrected chi connectivity index (χ1v) is 5.49. The molecule has 0 fully saturated rings. The summed E-state index contributed by atoms with van der Waals surface area (Å²) in [7, 11) is 0. The molecule has 0 bridgehead atoms. The highest BCUT2D eigenvalue weighted by molar-refractivity contribution is 6.30. The van der Waals surface area contributed by atoms with E-state index < -0.39 is 24.6 Å². The maximum atomic E-state index is 11.5. The molecule has 1 aromatic rings. The number of urea groups is 1. The van der Waals surface area contributed by atoms with E-state index in [-0.39, 0.29) is 0 Å². The largest absolute Gasteiger partial charge is 0.480 e. The lowest BCUT2D eigenvalue weighted by Crippen LogP contribution is -2.45. The molecule has 0 saturated carbocycles. The number of amides is 2. The number of anilines is 1. The van der Waals surface area contributed by atoms with E-state index in [1.807, 2.05) is 0 Å². The molecule has 0 aromatic heterocycles. The van der Waals surface area contributed by atoms with Crippen LogP contribution in [0.3, 0.4) is 0 Å². The molecule has 2 amide bonds. The van der Waals surface area contributed by atoms with Gasteiger partial charge in [-0.1, -0.05) is 11.6 Å². The standard InChI is InChI=1S/C11H13ClN2O4/c1-6-4-7(12)2-3-8(6)13-11(18)14-9(5-15)10(16)17/h2-4,9,15H,5H2,1H3,(H,16,17)(H2,13,14,18)/t9-/m1/s1. The summed E-state index contributed by atoms with van der Waals surface area (Å²) in [5, 5.41) is 22.6. The number of nitrogens with one attached hydrogen (secondary N) is 2. The van der Waals surface area contributed by atoms with E-state index in [4.69, 9.17) is 21.8 Å². The Labute approximate surface area is 109 Å². The Kier molecular flexibility index (Phi) is 4.94. The summed E-state index contributed by atoms with van der Waals surface area (Å²) in [5.41, 5.74) is 1.26. The maximum absolute atomic E-state index is 11.5. The average Bonchev–Trinajstić information content (AvgIpc) is 2.29. The van der Waals surface area contributed by atoms with E-state index in [0.29, 0.717) is 10.7 Å². The quantitative estimate of drug-likeness (QED) is 0.662. The lowest BCUT2D eigenvalue weighted by atomic mass is 10.2. The van der Waals surface area contributed by atoms with Crippen LogP contribution >= 0.6 is 11.6 Å². The monoisotopic (exact) mass is 272 g/mol. The lowest BCUT2D eigenvalue weighted by Gasteiger charge is -2.13. The summed E-state index contributed by atoms with van der Waals surface area (Å²) in [6.07, 6.45) is 0. The predicted molar refractivity (Wildman–Crippen MR) is 66.9 cm³/mol. The van der Waals surface area contributed by atoms with Crippen molar-refractivity contribution in [3.8, 4) is 0 Å². The second-order valence-corrected chi connectivity index (χ2v) is 4.07. The molecule has 0 heterocycles. The van der Waals surface area contributed by atoms with Gasteiger partial charge in [0.05, 0.1) is 6.61 Å². The molecular formula is C11H13ClN2O4. The van der Waals surface area contributed by atoms with Crippen molar-refractivity contribution in [1.82, 2.24) is 5.32 Å². The highest BCUT2D eigenvalue weighted by Gasteiger charge is 2.18. The van der Waals surface area contributed by atoms with Gasteiger partial charge in [0.15, 0.2) is 6.04 Å².